The zero-order valence-corrected chi connectivity index (χ0v) is 19.0. The van der Waals surface area contributed by atoms with Crippen LogP contribution in [0.15, 0.2) is 94.8 Å². The predicted octanol–water partition coefficient (Wildman–Crippen LogP) is 3.76. The lowest BCUT2D eigenvalue weighted by Gasteiger charge is -2.15. The van der Waals surface area contributed by atoms with Crippen LogP contribution >= 0.6 is 0 Å². The number of rotatable bonds is 6. The van der Waals surface area contributed by atoms with E-state index in [0.717, 1.165) is 16.7 Å². The summed E-state index contributed by atoms with van der Waals surface area (Å²) in [7, 11) is 1.55. The third-order valence-electron chi connectivity index (χ3n) is 5.85. The van der Waals surface area contributed by atoms with Crippen LogP contribution in [0, 0.1) is 6.92 Å². The molecule has 0 amide bonds. The third kappa shape index (κ3) is 3.81. The molecule has 0 N–H and O–H groups in total. The van der Waals surface area contributed by atoms with E-state index in [1.165, 1.54) is 9.13 Å². The molecule has 0 aliphatic carbocycles. The summed E-state index contributed by atoms with van der Waals surface area (Å²) < 4.78 is 10.1. The van der Waals surface area contributed by atoms with Crippen molar-refractivity contribution in [1.82, 2.24) is 18.7 Å². The van der Waals surface area contributed by atoms with Gasteiger partial charge in [-0.05, 0) is 30.2 Å². The molecule has 2 heterocycles. The Bertz CT molecular complexity index is 1600. The molecule has 5 aromatic rings. The van der Waals surface area contributed by atoms with Crippen LogP contribution in [0.25, 0.3) is 16.9 Å². The first-order valence-electron chi connectivity index (χ1n) is 11.0. The van der Waals surface area contributed by atoms with Crippen molar-refractivity contribution < 1.29 is 4.74 Å². The highest BCUT2D eigenvalue weighted by atomic mass is 16.5. The van der Waals surface area contributed by atoms with Gasteiger partial charge in [-0.15, -0.1) is 0 Å². The van der Waals surface area contributed by atoms with E-state index in [4.69, 9.17) is 4.74 Å². The number of hydrogen-bond donors (Lipinski definition) is 0. The molecule has 0 saturated heterocycles. The molecular formula is C27H24N4O3. The average molecular weight is 453 g/mol. The van der Waals surface area contributed by atoms with E-state index in [2.05, 4.69) is 11.1 Å². The standard InChI is InChI=1S/C27H24N4O3/c1-19-9-8-12-21(15-19)16-29-18-28-25-24(29)26(32)30(17-20-10-4-3-5-11-20)27(33)31(25)22-13-6-7-14-23(22)34-2/h3-15,18H,16-17H2,1-2H3. The maximum absolute atomic E-state index is 13.7. The van der Waals surface area contributed by atoms with E-state index < -0.39 is 5.69 Å². The van der Waals surface area contributed by atoms with Crippen molar-refractivity contribution >= 4 is 11.2 Å². The molecular weight excluding hydrogens is 428 g/mol. The fraction of sp³-hybridized carbons (Fsp3) is 0.148. The quantitative estimate of drug-likeness (QED) is 0.393. The topological polar surface area (TPSA) is 71.1 Å². The number of para-hydroxylation sites is 2. The number of aromatic nitrogens is 4. The summed E-state index contributed by atoms with van der Waals surface area (Å²) in [6, 6.07) is 24.8. The molecule has 3 aromatic carbocycles. The first kappa shape index (κ1) is 21.5. The Hall–Kier alpha value is -4.39. The summed E-state index contributed by atoms with van der Waals surface area (Å²) in [5, 5.41) is 0. The largest absolute Gasteiger partial charge is 0.495 e. The van der Waals surface area contributed by atoms with Gasteiger partial charge in [0.25, 0.3) is 5.56 Å². The van der Waals surface area contributed by atoms with Crippen LogP contribution in [0.1, 0.15) is 16.7 Å². The Kier molecular flexibility index (Phi) is 5.59. The van der Waals surface area contributed by atoms with Gasteiger partial charge in [-0.25, -0.2) is 14.3 Å². The average Bonchev–Trinajstić information content (AvgIpc) is 3.26. The van der Waals surface area contributed by atoms with E-state index in [0.29, 0.717) is 29.1 Å². The summed E-state index contributed by atoms with van der Waals surface area (Å²) in [6.45, 7) is 2.64. The summed E-state index contributed by atoms with van der Waals surface area (Å²) in [6.07, 6.45) is 1.62. The molecule has 0 fully saturated rings. The molecule has 7 heteroatoms. The summed E-state index contributed by atoms with van der Waals surface area (Å²) in [4.78, 5) is 31.9. The molecule has 7 nitrogen and oxygen atoms in total. The lowest BCUT2D eigenvalue weighted by atomic mass is 10.1. The number of hydrogen-bond acceptors (Lipinski definition) is 4. The summed E-state index contributed by atoms with van der Waals surface area (Å²) in [5.74, 6) is 0.518. The predicted molar refractivity (Wildman–Crippen MR) is 132 cm³/mol. The maximum Gasteiger partial charge on any atom is 0.337 e. The Morgan fingerprint density at radius 3 is 2.35 bits per heavy atom. The molecule has 170 valence electrons. The molecule has 0 aliphatic heterocycles. The second-order valence-corrected chi connectivity index (χ2v) is 8.20. The van der Waals surface area contributed by atoms with Crippen molar-refractivity contribution in [3.05, 3.63) is 123 Å². The van der Waals surface area contributed by atoms with Gasteiger partial charge in [-0.2, -0.15) is 0 Å². The number of nitrogens with zero attached hydrogens (tertiary/aromatic N) is 4. The molecule has 0 aliphatic rings. The molecule has 0 unspecified atom stereocenters. The smallest absolute Gasteiger partial charge is 0.337 e. The molecule has 2 aromatic heterocycles. The fourth-order valence-corrected chi connectivity index (χ4v) is 4.24. The molecule has 0 spiro atoms. The van der Waals surface area contributed by atoms with E-state index in [-0.39, 0.29) is 12.1 Å². The minimum Gasteiger partial charge on any atom is -0.495 e. The fourth-order valence-electron chi connectivity index (χ4n) is 4.24. The normalized spacial score (nSPS) is 11.1. The van der Waals surface area contributed by atoms with E-state index in [1.54, 1.807) is 30.1 Å². The number of fused-ring (bicyclic) bond motifs is 1. The molecule has 5 rings (SSSR count). The van der Waals surface area contributed by atoms with Crippen LogP contribution in [0.5, 0.6) is 5.75 Å². The van der Waals surface area contributed by atoms with Crippen LogP contribution in [0.4, 0.5) is 0 Å². The molecule has 0 radical (unpaired) electrons. The lowest BCUT2D eigenvalue weighted by Crippen LogP contribution is -2.40. The molecule has 34 heavy (non-hydrogen) atoms. The number of aryl methyl sites for hydroxylation is 1. The Morgan fingerprint density at radius 1 is 0.853 bits per heavy atom. The van der Waals surface area contributed by atoms with E-state index >= 15 is 0 Å². The highest BCUT2D eigenvalue weighted by Gasteiger charge is 2.21. The summed E-state index contributed by atoms with van der Waals surface area (Å²) in [5.41, 5.74) is 3.39. The Balaban J connectivity index is 1.79. The Morgan fingerprint density at radius 2 is 1.59 bits per heavy atom. The zero-order valence-electron chi connectivity index (χ0n) is 19.0. The van der Waals surface area contributed by atoms with Crippen LogP contribution in [0.3, 0.4) is 0 Å². The van der Waals surface area contributed by atoms with E-state index in [9.17, 15) is 9.59 Å². The van der Waals surface area contributed by atoms with Gasteiger partial charge < -0.3 is 9.30 Å². The number of imidazole rings is 1. The van der Waals surface area contributed by atoms with Gasteiger partial charge in [-0.1, -0.05) is 72.3 Å². The maximum atomic E-state index is 13.7. The van der Waals surface area contributed by atoms with Crippen molar-refractivity contribution in [2.45, 2.75) is 20.0 Å². The van der Waals surface area contributed by atoms with Gasteiger partial charge in [0.15, 0.2) is 11.2 Å². The lowest BCUT2D eigenvalue weighted by molar-refractivity contribution is 0.412. The van der Waals surface area contributed by atoms with Crippen molar-refractivity contribution in [3.63, 3.8) is 0 Å². The van der Waals surface area contributed by atoms with Crippen molar-refractivity contribution in [3.8, 4) is 11.4 Å². The molecule has 0 saturated carbocycles. The summed E-state index contributed by atoms with van der Waals surface area (Å²) >= 11 is 0. The van der Waals surface area contributed by atoms with Gasteiger partial charge in [0.2, 0.25) is 0 Å². The van der Waals surface area contributed by atoms with Crippen LogP contribution in [-0.2, 0) is 13.1 Å². The molecule has 0 bridgehead atoms. The SMILES string of the molecule is COc1ccccc1-n1c(=O)n(Cc2ccccc2)c(=O)c2c1ncn2Cc1cccc(C)c1. The number of ether oxygens (including phenoxy) is 1. The van der Waals surface area contributed by atoms with Crippen molar-refractivity contribution in [2.75, 3.05) is 7.11 Å². The number of methoxy groups -OCH3 is 1. The van der Waals surface area contributed by atoms with Gasteiger partial charge in [0.1, 0.15) is 5.75 Å². The van der Waals surface area contributed by atoms with Gasteiger partial charge in [0, 0.05) is 6.54 Å². The van der Waals surface area contributed by atoms with Gasteiger partial charge in [-0.3, -0.25) is 9.36 Å². The Labute approximate surface area is 196 Å². The number of benzene rings is 3. The van der Waals surface area contributed by atoms with E-state index in [1.807, 2.05) is 67.6 Å². The highest BCUT2D eigenvalue weighted by molar-refractivity contribution is 5.73. The van der Waals surface area contributed by atoms with Crippen LogP contribution < -0.4 is 16.0 Å². The minimum atomic E-state index is -0.466. The highest BCUT2D eigenvalue weighted by Crippen LogP contribution is 2.23. The second-order valence-electron chi connectivity index (χ2n) is 8.20. The first-order chi connectivity index (χ1) is 16.6. The van der Waals surface area contributed by atoms with Crippen LogP contribution in [-0.4, -0.2) is 25.8 Å². The van der Waals surface area contributed by atoms with Crippen LogP contribution in [0.2, 0.25) is 0 Å². The van der Waals surface area contributed by atoms with Crippen molar-refractivity contribution in [2.24, 2.45) is 0 Å². The molecule has 0 atom stereocenters. The van der Waals surface area contributed by atoms with Gasteiger partial charge >= 0.3 is 5.69 Å². The zero-order chi connectivity index (χ0) is 23.7. The monoisotopic (exact) mass is 452 g/mol. The van der Waals surface area contributed by atoms with Crippen molar-refractivity contribution in [1.29, 1.82) is 0 Å². The first-order valence-corrected chi connectivity index (χ1v) is 11.0. The third-order valence-corrected chi connectivity index (χ3v) is 5.85. The minimum absolute atomic E-state index is 0.152. The van der Waals surface area contributed by atoms with Gasteiger partial charge in [0.05, 0.1) is 25.7 Å². The second kappa shape index (κ2) is 8.86.